The van der Waals surface area contributed by atoms with Crippen molar-refractivity contribution in [2.75, 3.05) is 0 Å². The van der Waals surface area contributed by atoms with Crippen LogP contribution in [0.1, 0.15) is 66.4 Å². The number of aryl methyl sites for hydroxylation is 1. The van der Waals surface area contributed by atoms with Crippen LogP contribution in [-0.2, 0) is 16.0 Å². The lowest BCUT2D eigenvalue weighted by atomic mass is 9.79. The van der Waals surface area contributed by atoms with Crippen molar-refractivity contribution in [1.29, 1.82) is 0 Å². The molecule has 0 aliphatic heterocycles. The molecule has 234 valence electrons. The summed E-state index contributed by atoms with van der Waals surface area (Å²) >= 11 is 0. The fourth-order valence-electron chi connectivity index (χ4n) is 5.84. The normalized spacial score (nSPS) is 22.0. The summed E-state index contributed by atoms with van der Waals surface area (Å²) in [6.45, 7) is 9.68. The van der Waals surface area contributed by atoms with E-state index in [9.17, 15) is 22.8 Å². The van der Waals surface area contributed by atoms with Crippen LogP contribution in [0.4, 0.5) is 13.2 Å². The number of hydrogen-bond acceptors (Lipinski definition) is 7. The number of esters is 1. The van der Waals surface area contributed by atoms with Crippen LogP contribution in [0.5, 0.6) is 5.75 Å². The summed E-state index contributed by atoms with van der Waals surface area (Å²) in [6, 6.07) is 13.8. The van der Waals surface area contributed by atoms with E-state index in [2.05, 4.69) is 0 Å². The second kappa shape index (κ2) is 11.6. The van der Waals surface area contributed by atoms with Gasteiger partial charge in [-0.2, -0.15) is 13.2 Å². The first kappa shape index (κ1) is 32.5. The average Bonchev–Trinajstić information content (AvgIpc) is 3.21. The van der Waals surface area contributed by atoms with Crippen LogP contribution in [-0.4, -0.2) is 35.4 Å². The zero-order chi connectivity index (χ0) is 32.0. The number of alkyl halides is 3. The van der Waals surface area contributed by atoms with Gasteiger partial charge in [0.15, 0.2) is 0 Å². The summed E-state index contributed by atoms with van der Waals surface area (Å²) in [7, 11) is 0. The molecular weight excluding hydrogens is 561 g/mol. The highest BCUT2D eigenvalue weighted by molar-refractivity contribution is 5.83. The lowest BCUT2D eigenvalue weighted by Crippen LogP contribution is -2.54. The number of carbonyl (C=O) groups excluding carboxylic acids is 1. The first-order chi connectivity index (χ1) is 19.8. The Morgan fingerprint density at radius 3 is 2.28 bits per heavy atom. The molecule has 4 atom stereocenters. The number of rotatable bonds is 9. The van der Waals surface area contributed by atoms with E-state index < -0.39 is 52.4 Å². The summed E-state index contributed by atoms with van der Waals surface area (Å²) in [4.78, 5) is 26.2. The third-order valence-corrected chi connectivity index (χ3v) is 8.49. The summed E-state index contributed by atoms with van der Waals surface area (Å²) in [5.74, 6) is -1.63. The van der Waals surface area contributed by atoms with Gasteiger partial charge in [0.2, 0.25) is 0 Å². The molecule has 3 aromatic rings. The third-order valence-electron chi connectivity index (χ3n) is 8.49. The summed E-state index contributed by atoms with van der Waals surface area (Å²) in [6.07, 6.45) is -6.81. The highest BCUT2D eigenvalue weighted by Crippen LogP contribution is 2.53. The van der Waals surface area contributed by atoms with E-state index >= 15 is 0 Å². The Morgan fingerprint density at radius 2 is 1.67 bits per heavy atom. The molecule has 0 amide bonds. The smallest absolute Gasteiger partial charge is 0.401 e. The van der Waals surface area contributed by atoms with Gasteiger partial charge in [-0.05, 0) is 89.6 Å². The molecule has 1 aliphatic carbocycles. The van der Waals surface area contributed by atoms with Crippen LogP contribution in [0.2, 0.25) is 0 Å². The van der Waals surface area contributed by atoms with Gasteiger partial charge in [-0.15, -0.1) is 0 Å². The van der Waals surface area contributed by atoms with Gasteiger partial charge in [0.05, 0.1) is 11.5 Å². The molecule has 4 N–H and O–H groups in total. The largest absolute Gasteiger partial charge is 0.489 e. The first-order valence-electron chi connectivity index (χ1n) is 14.5. The summed E-state index contributed by atoms with van der Waals surface area (Å²) in [5.41, 5.74) is 9.77. The minimum absolute atomic E-state index is 0.0122. The number of fused-ring (bicyclic) bond motifs is 1. The maximum Gasteiger partial charge on any atom is 0.401 e. The van der Waals surface area contributed by atoms with Gasteiger partial charge in [-0.25, -0.2) is 4.79 Å². The van der Waals surface area contributed by atoms with E-state index in [1.807, 2.05) is 31.2 Å². The second-order valence-electron chi connectivity index (χ2n) is 13.1. The predicted molar refractivity (Wildman–Crippen MR) is 160 cm³/mol. The average molecular weight is 603 g/mol. The van der Waals surface area contributed by atoms with Gasteiger partial charge in [-0.1, -0.05) is 31.2 Å². The van der Waals surface area contributed by atoms with Gasteiger partial charge < -0.3 is 25.4 Å². The number of nitrogens with two attached hydrogens (primary N) is 2. The Morgan fingerprint density at radius 1 is 1.02 bits per heavy atom. The number of carbonyl (C=O) groups is 1. The Bertz CT molecular complexity index is 1540. The molecule has 2 aromatic carbocycles. The molecule has 1 aliphatic rings. The van der Waals surface area contributed by atoms with Gasteiger partial charge in [-0.3, -0.25) is 4.79 Å². The van der Waals surface area contributed by atoms with Crippen molar-refractivity contribution >= 4 is 16.9 Å². The quantitative estimate of drug-likeness (QED) is 0.211. The van der Waals surface area contributed by atoms with Gasteiger partial charge >= 0.3 is 17.8 Å². The SMILES string of the molecule is CCc1ccccc1-c1cc2ccc(OC3CCC(OC(=O)C(CC(C)(C)N)C(C)(C)N)C3(C)C(F)(F)F)cc2oc1=O. The topological polar surface area (TPSA) is 118 Å². The van der Waals surface area contributed by atoms with E-state index in [1.165, 1.54) is 6.07 Å². The van der Waals surface area contributed by atoms with Gasteiger partial charge in [0.1, 0.15) is 29.0 Å². The minimum atomic E-state index is -4.76. The molecule has 10 heteroatoms. The molecule has 0 radical (unpaired) electrons. The maximum absolute atomic E-state index is 14.7. The van der Waals surface area contributed by atoms with Crippen molar-refractivity contribution in [3.63, 3.8) is 0 Å². The minimum Gasteiger partial charge on any atom is -0.489 e. The predicted octanol–water partition coefficient (Wildman–Crippen LogP) is 6.52. The van der Waals surface area contributed by atoms with Crippen LogP contribution in [0.3, 0.4) is 0 Å². The molecule has 43 heavy (non-hydrogen) atoms. The Hall–Kier alpha value is -3.37. The van der Waals surface area contributed by atoms with E-state index in [0.29, 0.717) is 10.9 Å². The molecule has 4 unspecified atom stereocenters. The summed E-state index contributed by atoms with van der Waals surface area (Å²) < 4.78 is 61.2. The van der Waals surface area contributed by atoms with Crippen molar-refractivity contribution in [3.05, 3.63) is 64.5 Å². The van der Waals surface area contributed by atoms with Crippen LogP contribution >= 0.6 is 0 Å². The van der Waals surface area contributed by atoms with Crippen molar-refractivity contribution in [2.24, 2.45) is 22.8 Å². The molecular formula is C33H41F3N2O5. The van der Waals surface area contributed by atoms with Crippen LogP contribution in [0.15, 0.2) is 57.7 Å². The number of halogens is 3. The Kier molecular flexibility index (Phi) is 8.79. The zero-order valence-corrected chi connectivity index (χ0v) is 25.5. The molecule has 7 nitrogen and oxygen atoms in total. The van der Waals surface area contributed by atoms with Crippen molar-refractivity contribution in [3.8, 4) is 16.9 Å². The molecule has 1 fully saturated rings. The lowest BCUT2D eigenvalue weighted by Gasteiger charge is -2.39. The van der Waals surface area contributed by atoms with E-state index in [1.54, 1.807) is 45.9 Å². The molecule has 1 saturated carbocycles. The highest BCUT2D eigenvalue weighted by Gasteiger charge is 2.66. The van der Waals surface area contributed by atoms with E-state index in [0.717, 1.165) is 24.5 Å². The monoisotopic (exact) mass is 602 g/mol. The molecule has 1 aromatic heterocycles. The van der Waals surface area contributed by atoms with Gasteiger partial charge in [0.25, 0.3) is 0 Å². The standard InChI is InChI=1S/C33H41F3N2O5/c1-7-19-10-8-9-11-22(19)23-16-20-12-13-21(17-25(20)42-28(23)39)41-26-14-15-27(32(26,6)33(34,35)36)43-29(40)24(31(4,5)38)18-30(2,3)37/h8-13,16-17,24,26-27H,7,14-15,18,37-38H2,1-6H3. The molecule has 4 rings (SSSR count). The van der Waals surface area contributed by atoms with Crippen molar-refractivity contribution in [1.82, 2.24) is 0 Å². The third kappa shape index (κ3) is 6.75. The molecule has 0 spiro atoms. The summed E-state index contributed by atoms with van der Waals surface area (Å²) in [5, 5.41) is 0.600. The second-order valence-corrected chi connectivity index (χ2v) is 13.1. The maximum atomic E-state index is 14.7. The first-order valence-corrected chi connectivity index (χ1v) is 14.5. The zero-order valence-electron chi connectivity index (χ0n) is 25.5. The number of hydrogen-bond donors (Lipinski definition) is 2. The Balaban J connectivity index is 1.61. The van der Waals surface area contributed by atoms with Crippen molar-refractivity contribution < 1.29 is 31.9 Å². The number of ether oxygens (including phenoxy) is 2. The van der Waals surface area contributed by atoms with E-state index in [4.69, 9.17) is 25.4 Å². The van der Waals surface area contributed by atoms with Crippen LogP contribution in [0.25, 0.3) is 22.1 Å². The van der Waals surface area contributed by atoms with Crippen LogP contribution in [0, 0.1) is 11.3 Å². The highest BCUT2D eigenvalue weighted by atomic mass is 19.4. The van der Waals surface area contributed by atoms with Crippen molar-refractivity contribution in [2.45, 2.75) is 96.7 Å². The number of benzene rings is 2. The lowest BCUT2D eigenvalue weighted by molar-refractivity contribution is -0.264. The molecule has 0 bridgehead atoms. The fourth-order valence-corrected chi connectivity index (χ4v) is 5.84. The fraction of sp³-hybridized carbons (Fsp3) is 0.515. The van der Waals surface area contributed by atoms with Crippen LogP contribution < -0.4 is 21.8 Å². The Labute approximate surface area is 249 Å². The molecule has 1 heterocycles. The van der Waals surface area contributed by atoms with Gasteiger partial charge in [0, 0.05) is 22.5 Å². The molecule has 0 saturated heterocycles. The van der Waals surface area contributed by atoms with E-state index in [-0.39, 0.29) is 30.6 Å².